The zero-order valence-electron chi connectivity index (χ0n) is 16.6. The molecule has 3 N–H and O–H groups in total. The molecule has 1 saturated heterocycles. The number of nitrogens with one attached hydrogen (secondary N) is 1. The maximum atomic E-state index is 14.2. The van der Waals surface area contributed by atoms with Crippen LogP contribution in [0.15, 0.2) is 47.3 Å². The van der Waals surface area contributed by atoms with E-state index >= 15 is 0 Å². The van der Waals surface area contributed by atoms with Gasteiger partial charge in [0.1, 0.15) is 5.76 Å². The maximum Gasteiger partial charge on any atom is 0.177 e. The van der Waals surface area contributed by atoms with Crippen LogP contribution in [0.1, 0.15) is 18.9 Å². The molecule has 0 aliphatic carbocycles. The molecule has 1 aliphatic heterocycles. The van der Waals surface area contributed by atoms with E-state index in [2.05, 4.69) is 15.4 Å². The largest absolute Gasteiger partial charge is 0.493 e. The Hall–Kier alpha value is -3.39. The molecular formula is C22H22FN5O2. The lowest BCUT2D eigenvalue weighted by atomic mass is 10.1. The van der Waals surface area contributed by atoms with E-state index in [1.54, 1.807) is 18.3 Å². The maximum absolute atomic E-state index is 14.2. The van der Waals surface area contributed by atoms with E-state index in [1.807, 2.05) is 23.1 Å². The summed E-state index contributed by atoms with van der Waals surface area (Å²) >= 11 is 0. The van der Waals surface area contributed by atoms with Gasteiger partial charge in [0, 0.05) is 28.9 Å². The minimum Gasteiger partial charge on any atom is -0.493 e. The third-order valence-electron chi connectivity index (χ3n) is 5.62. The first kappa shape index (κ1) is 18.6. The molecule has 30 heavy (non-hydrogen) atoms. The average Bonchev–Trinajstić information content (AvgIpc) is 3.43. The number of methoxy groups -OCH3 is 1. The number of furan rings is 1. The van der Waals surface area contributed by atoms with E-state index in [0.29, 0.717) is 22.9 Å². The van der Waals surface area contributed by atoms with Crippen LogP contribution in [-0.2, 0) is 0 Å². The average molecular weight is 407 g/mol. The van der Waals surface area contributed by atoms with Gasteiger partial charge in [-0.2, -0.15) is 5.10 Å². The standard InChI is InChI=1S/C22H22FN5O2/c1-29-20-15(3-2-4-18(20)23)19-9-16-17(11-26-22(24)21(16)30-19)13-10-27-28(12-13)14-5-7-25-8-6-14/h2-4,9-12,14,25H,5-8H2,1H3,(H2,24,26). The Balaban J connectivity index is 1.60. The number of hydrogen-bond acceptors (Lipinski definition) is 6. The molecular weight excluding hydrogens is 385 g/mol. The van der Waals surface area contributed by atoms with Crippen LogP contribution >= 0.6 is 0 Å². The fourth-order valence-electron chi connectivity index (χ4n) is 4.06. The van der Waals surface area contributed by atoms with Gasteiger partial charge in [0.05, 0.1) is 24.9 Å². The van der Waals surface area contributed by atoms with E-state index in [1.165, 1.54) is 13.2 Å². The summed E-state index contributed by atoms with van der Waals surface area (Å²) in [4.78, 5) is 4.30. The SMILES string of the molecule is COc1c(F)cccc1-c1cc2c(-c3cnn(C4CCNCC4)c3)cnc(N)c2o1. The number of pyridine rings is 1. The Morgan fingerprint density at radius 1 is 1.23 bits per heavy atom. The minimum absolute atomic E-state index is 0.128. The van der Waals surface area contributed by atoms with E-state index in [0.717, 1.165) is 42.4 Å². The number of benzene rings is 1. The molecule has 0 amide bonds. The Morgan fingerprint density at radius 3 is 2.87 bits per heavy atom. The fraction of sp³-hybridized carbons (Fsp3) is 0.273. The first-order chi connectivity index (χ1) is 14.7. The minimum atomic E-state index is -0.454. The van der Waals surface area contributed by atoms with Crippen LogP contribution in [0.2, 0.25) is 0 Å². The number of nitrogen functional groups attached to an aromatic ring is 1. The van der Waals surface area contributed by atoms with Gasteiger partial charge in [-0.1, -0.05) is 6.07 Å². The lowest BCUT2D eigenvalue weighted by Gasteiger charge is -2.22. The molecule has 7 nitrogen and oxygen atoms in total. The zero-order valence-corrected chi connectivity index (χ0v) is 16.6. The number of fused-ring (bicyclic) bond motifs is 1. The molecule has 1 aliphatic rings. The number of hydrogen-bond donors (Lipinski definition) is 2. The summed E-state index contributed by atoms with van der Waals surface area (Å²) in [6.07, 6.45) is 7.70. The predicted molar refractivity (Wildman–Crippen MR) is 113 cm³/mol. The van der Waals surface area contributed by atoms with E-state index in [9.17, 15) is 4.39 Å². The summed E-state index contributed by atoms with van der Waals surface area (Å²) in [7, 11) is 1.43. The van der Waals surface area contributed by atoms with Crippen LogP contribution in [0.3, 0.4) is 0 Å². The van der Waals surface area contributed by atoms with Crippen LogP contribution in [-0.4, -0.2) is 35.0 Å². The van der Waals surface area contributed by atoms with Crippen LogP contribution in [0.25, 0.3) is 33.4 Å². The molecule has 1 aromatic carbocycles. The number of nitrogens with two attached hydrogens (primary N) is 1. The van der Waals surface area contributed by atoms with Gasteiger partial charge >= 0.3 is 0 Å². The number of anilines is 1. The summed E-state index contributed by atoms with van der Waals surface area (Å²) in [5.74, 6) is 0.419. The highest BCUT2D eigenvalue weighted by Crippen LogP contribution is 2.40. The highest BCUT2D eigenvalue weighted by molar-refractivity contribution is 6.00. The third-order valence-corrected chi connectivity index (χ3v) is 5.62. The molecule has 0 saturated carbocycles. The van der Waals surface area contributed by atoms with Crippen LogP contribution in [0.5, 0.6) is 5.75 Å². The normalized spacial score (nSPS) is 15.0. The second kappa shape index (κ2) is 7.46. The van der Waals surface area contributed by atoms with Gasteiger partial charge in [-0.25, -0.2) is 9.37 Å². The molecule has 0 radical (unpaired) electrons. The van der Waals surface area contributed by atoms with Gasteiger partial charge in [0.2, 0.25) is 0 Å². The molecule has 0 spiro atoms. The number of piperidine rings is 1. The van der Waals surface area contributed by atoms with Crippen molar-refractivity contribution in [3.8, 4) is 28.2 Å². The number of nitrogens with zero attached hydrogens (tertiary/aromatic N) is 3. The second-order valence-electron chi connectivity index (χ2n) is 7.42. The Bertz CT molecular complexity index is 1210. The Morgan fingerprint density at radius 2 is 2.07 bits per heavy atom. The molecule has 0 atom stereocenters. The monoisotopic (exact) mass is 407 g/mol. The molecule has 1 fully saturated rings. The molecule has 4 aromatic rings. The Labute approximate surface area is 172 Å². The first-order valence-electron chi connectivity index (χ1n) is 9.92. The lowest BCUT2D eigenvalue weighted by molar-refractivity contribution is 0.343. The van der Waals surface area contributed by atoms with Crippen molar-refractivity contribution in [2.24, 2.45) is 0 Å². The number of rotatable bonds is 4. The highest BCUT2D eigenvalue weighted by atomic mass is 19.1. The smallest absolute Gasteiger partial charge is 0.177 e. The third kappa shape index (κ3) is 3.09. The van der Waals surface area contributed by atoms with Crippen molar-refractivity contribution in [1.29, 1.82) is 0 Å². The molecule has 0 bridgehead atoms. The number of para-hydroxylation sites is 1. The van der Waals surface area contributed by atoms with Gasteiger partial charge in [0.15, 0.2) is 23.0 Å². The fourth-order valence-corrected chi connectivity index (χ4v) is 4.06. The second-order valence-corrected chi connectivity index (χ2v) is 7.42. The van der Waals surface area contributed by atoms with Gasteiger partial charge in [0.25, 0.3) is 0 Å². The van der Waals surface area contributed by atoms with Gasteiger partial charge in [-0.3, -0.25) is 4.68 Å². The summed E-state index contributed by atoms with van der Waals surface area (Å²) in [6, 6.07) is 6.95. The Kier molecular flexibility index (Phi) is 4.63. The molecule has 3 aromatic heterocycles. The van der Waals surface area contributed by atoms with E-state index < -0.39 is 5.82 Å². The van der Waals surface area contributed by atoms with Crippen LogP contribution in [0, 0.1) is 5.82 Å². The van der Waals surface area contributed by atoms with Gasteiger partial charge < -0.3 is 20.2 Å². The van der Waals surface area contributed by atoms with Crippen molar-refractivity contribution in [3.05, 3.63) is 48.7 Å². The van der Waals surface area contributed by atoms with Gasteiger partial charge in [-0.05, 0) is 44.1 Å². The molecule has 8 heteroatoms. The summed E-state index contributed by atoms with van der Waals surface area (Å²) in [5, 5.41) is 8.75. The van der Waals surface area contributed by atoms with E-state index in [4.69, 9.17) is 14.9 Å². The van der Waals surface area contributed by atoms with Crippen molar-refractivity contribution in [1.82, 2.24) is 20.1 Å². The van der Waals surface area contributed by atoms with Crippen LogP contribution < -0.4 is 15.8 Å². The zero-order chi connectivity index (χ0) is 20.7. The predicted octanol–water partition coefficient (Wildman–Crippen LogP) is 4.01. The summed E-state index contributed by atoms with van der Waals surface area (Å²) in [5.41, 5.74) is 8.86. The first-order valence-corrected chi connectivity index (χ1v) is 9.92. The quantitative estimate of drug-likeness (QED) is 0.531. The van der Waals surface area contributed by atoms with Crippen molar-refractivity contribution in [2.75, 3.05) is 25.9 Å². The highest BCUT2D eigenvalue weighted by Gasteiger charge is 2.20. The van der Waals surface area contributed by atoms with Crippen molar-refractivity contribution < 1.29 is 13.5 Å². The lowest BCUT2D eigenvalue weighted by Crippen LogP contribution is -2.29. The number of ether oxygens (including phenoxy) is 1. The van der Waals surface area contributed by atoms with Crippen molar-refractivity contribution >= 4 is 16.8 Å². The summed E-state index contributed by atoms with van der Waals surface area (Å²) in [6.45, 7) is 1.99. The van der Waals surface area contributed by atoms with Crippen molar-refractivity contribution in [2.45, 2.75) is 18.9 Å². The molecule has 4 heterocycles. The molecule has 0 unspecified atom stereocenters. The summed E-state index contributed by atoms with van der Waals surface area (Å²) < 4.78 is 27.4. The van der Waals surface area contributed by atoms with Crippen LogP contribution in [0.4, 0.5) is 10.2 Å². The number of aromatic nitrogens is 3. The van der Waals surface area contributed by atoms with E-state index in [-0.39, 0.29) is 11.6 Å². The molecule has 154 valence electrons. The topological polar surface area (TPSA) is 91.1 Å². The molecule has 5 rings (SSSR count). The van der Waals surface area contributed by atoms with Crippen molar-refractivity contribution in [3.63, 3.8) is 0 Å². The van der Waals surface area contributed by atoms with Gasteiger partial charge in [-0.15, -0.1) is 0 Å². The number of halogens is 1.